The van der Waals surface area contributed by atoms with E-state index in [1.165, 1.54) is 0 Å². The molecule has 0 aliphatic heterocycles. The molecule has 6 heteroatoms. The van der Waals surface area contributed by atoms with E-state index in [0.29, 0.717) is 18.0 Å². The molecular formula is C14H17N3O3. The molecule has 0 bridgehead atoms. The van der Waals surface area contributed by atoms with Crippen molar-refractivity contribution < 1.29 is 14.6 Å². The van der Waals surface area contributed by atoms with Crippen molar-refractivity contribution in [2.75, 3.05) is 27.2 Å². The number of aromatic carboxylic acids is 1. The number of nitrogens with zero attached hydrogens (tertiary/aromatic N) is 3. The number of aromatic nitrogens is 2. The number of ether oxygens (including phenoxy) is 1. The Kier molecular flexibility index (Phi) is 4.47. The van der Waals surface area contributed by atoms with E-state index >= 15 is 0 Å². The molecule has 20 heavy (non-hydrogen) atoms. The van der Waals surface area contributed by atoms with Crippen LogP contribution in [0.25, 0.3) is 10.9 Å². The van der Waals surface area contributed by atoms with Crippen molar-refractivity contribution in [3.05, 3.63) is 30.1 Å². The normalized spacial score (nSPS) is 10.9. The van der Waals surface area contributed by atoms with Gasteiger partial charge >= 0.3 is 5.97 Å². The van der Waals surface area contributed by atoms with Crippen molar-refractivity contribution in [2.45, 2.75) is 6.42 Å². The van der Waals surface area contributed by atoms with Gasteiger partial charge in [-0.3, -0.25) is 0 Å². The number of benzene rings is 1. The summed E-state index contributed by atoms with van der Waals surface area (Å²) in [6.07, 6.45) is 0.841. The maximum atomic E-state index is 11.0. The molecule has 0 unspecified atom stereocenters. The maximum absolute atomic E-state index is 11.0. The highest BCUT2D eigenvalue weighted by Gasteiger charge is 2.13. The fourth-order valence-corrected chi connectivity index (χ4v) is 1.80. The minimum absolute atomic E-state index is 0.244. The van der Waals surface area contributed by atoms with Crippen LogP contribution in [0.1, 0.15) is 17.0 Å². The summed E-state index contributed by atoms with van der Waals surface area (Å²) in [6.45, 7) is 1.38. The van der Waals surface area contributed by atoms with Gasteiger partial charge in [0.15, 0.2) is 0 Å². The average Bonchev–Trinajstić information content (AvgIpc) is 2.42. The number of hydrogen-bond acceptors (Lipinski definition) is 5. The van der Waals surface area contributed by atoms with Crippen molar-refractivity contribution in [1.82, 2.24) is 14.9 Å². The zero-order valence-electron chi connectivity index (χ0n) is 11.5. The van der Waals surface area contributed by atoms with Crippen molar-refractivity contribution in [3.63, 3.8) is 0 Å². The highest BCUT2D eigenvalue weighted by Crippen LogP contribution is 2.22. The molecule has 1 heterocycles. The van der Waals surface area contributed by atoms with E-state index in [0.717, 1.165) is 18.4 Å². The summed E-state index contributed by atoms with van der Waals surface area (Å²) in [5.74, 6) is -1.08. The van der Waals surface area contributed by atoms with E-state index in [2.05, 4.69) is 14.9 Å². The van der Waals surface area contributed by atoms with Crippen LogP contribution in [0.2, 0.25) is 0 Å². The van der Waals surface area contributed by atoms with Crippen LogP contribution in [0, 0.1) is 0 Å². The lowest BCUT2D eigenvalue weighted by molar-refractivity contribution is 0.0682. The Balaban J connectivity index is 2.23. The second-order valence-corrected chi connectivity index (χ2v) is 4.68. The van der Waals surface area contributed by atoms with Crippen LogP contribution in [-0.2, 0) is 0 Å². The molecule has 0 amide bonds. The van der Waals surface area contributed by atoms with E-state index in [1.807, 2.05) is 26.2 Å². The molecule has 6 nitrogen and oxygen atoms in total. The van der Waals surface area contributed by atoms with Crippen molar-refractivity contribution in [3.8, 4) is 5.88 Å². The van der Waals surface area contributed by atoms with Gasteiger partial charge in [0.1, 0.15) is 0 Å². The molecule has 1 aromatic heterocycles. The van der Waals surface area contributed by atoms with Crippen LogP contribution in [-0.4, -0.2) is 53.2 Å². The number of fused-ring (bicyclic) bond motifs is 1. The Morgan fingerprint density at radius 3 is 2.75 bits per heavy atom. The summed E-state index contributed by atoms with van der Waals surface area (Å²) in [5.41, 5.74) is 0.572. The topological polar surface area (TPSA) is 75.5 Å². The second-order valence-electron chi connectivity index (χ2n) is 4.68. The Bertz CT molecular complexity index is 614. The zero-order chi connectivity index (χ0) is 14.5. The summed E-state index contributed by atoms with van der Waals surface area (Å²) >= 11 is 0. The lowest BCUT2D eigenvalue weighted by atomic mass is 10.2. The molecule has 0 fully saturated rings. The van der Waals surface area contributed by atoms with Crippen LogP contribution in [0.4, 0.5) is 0 Å². The van der Waals surface area contributed by atoms with Crippen LogP contribution < -0.4 is 4.74 Å². The summed E-state index contributed by atoms with van der Waals surface area (Å²) in [4.78, 5) is 21.1. The molecule has 1 aromatic carbocycles. The summed E-state index contributed by atoms with van der Waals surface area (Å²) in [5, 5.41) is 9.75. The molecular weight excluding hydrogens is 258 g/mol. The summed E-state index contributed by atoms with van der Waals surface area (Å²) < 4.78 is 5.62. The van der Waals surface area contributed by atoms with E-state index in [1.54, 1.807) is 12.1 Å². The van der Waals surface area contributed by atoms with Crippen LogP contribution in [0.15, 0.2) is 24.3 Å². The number of carboxylic acids is 1. The largest absolute Gasteiger partial charge is 0.477 e. The highest BCUT2D eigenvalue weighted by molar-refractivity contribution is 5.89. The molecule has 0 radical (unpaired) electrons. The first-order valence-corrected chi connectivity index (χ1v) is 6.35. The Labute approximate surface area is 117 Å². The summed E-state index contributed by atoms with van der Waals surface area (Å²) in [7, 11) is 3.98. The van der Waals surface area contributed by atoms with Crippen molar-refractivity contribution >= 4 is 16.9 Å². The summed E-state index contributed by atoms with van der Waals surface area (Å²) in [6, 6.07) is 7.22. The molecule has 2 rings (SSSR count). The van der Waals surface area contributed by atoms with Crippen LogP contribution in [0.3, 0.4) is 0 Å². The molecule has 0 spiro atoms. The van der Waals surface area contributed by atoms with Gasteiger partial charge in [-0.25, -0.2) is 9.78 Å². The molecule has 0 saturated heterocycles. The molecule has 106 valence electrons. The predicted octanol–water partition coefficient (Wildman–Crippen LogP) is 1.66. The zero-order valence-corrected chi connectivity index (χ0v) is 11.5. The van der Waals surface area contributed by atoms with Gasteiger partial charge < -0.3 is 14.7 Å². The molecule has 2 aromatic rings. The van der Waals surface area contributed by atoms with Crippen LogP contribution in [0.5, 0.6) is 5.88 Å². The lowest BCUT2D eigenvalue weighted by Crippen LogP contribution is -2.16. The third kappa shape index (κ3) is 3.42. The Morgan fingerprint density at radius 2 is 2.05 bits per heavy atom. The van der Waals surface area contributed by atoms with Crippen molar-refractivity contribution in [1.29, 1.82) is 0 Å². The quantitative estimate of drug-likeness (QED) is 0.808. The predicted molar refractivity (Wildman–Crippen MR) is 75.2 cm³/mol. The van der Waals surface area contributed by atoms with Gasteiger partial charge in [0.2, 0.25) is 11.7 Å². The lowest BCUT2D eigenvalue weighted by Gasteiger charge is -2.11. The fraction of sp³-hybridized carbons (Fsp3) is 0.357. The number of carbonyl (C=O) groups is 1. The SMILES string of the molecule is CN(C)CCCOc1nc(C(=O)O)nc2ccccc12. The Hall–Kier alpha value is -2.21. The van der Waals surface area contributed by atoms with Gasteiger partial charge in [-0.05, 0) is 32.6 Å². The van der Waals surface area contributed by atoms with Gasteiger partial charge in [0.05, 0.1) is 17.5 Å². The van der Waals surface area contributed by atoms with E-state index < -0.39 is 5.97 Å². The molecule has 0 atom stereocenters. The van der Waals surface area contributed by atoms with Gasteiger partial charge in [0.25, 0.3) is 0 Å². The van der Waals surface area contributed by atoms with E-state index in [4.69, 9.17) is 9.84 Å². The van der Waals surface area contributed by atoms with Gasteiger partial charge in [-0.15, -0.1) is 0 Å². The van der Waals surface area contributed by atoms with Gasteiger partial charge in [-0.2, -0.15) is 4.98 Å². The third-order valence-electron chi connectivity index (χ3n) is 2.75. The first-order chi connectivity index (χ1) is 9.58. The molecule has 0 aliphatic rings. The standard InChI is InChI=1S/C14H17N3O3/c1-17(2)8-5-9-20-13-10-6-3-4-7-11(10)15-12(16-13)14(18)19/h3-4,6-7H,5,8-9H2,1-2H3,(H,18,19). The van der Waals surface area contributed by atoms with E-state index in [9.17, 15) is 4.79 Å². The first kappa shape index (κ1) is 14.2. The maximum Gasteiger partial charge on any atom is 0.374 e. The number of rotatable bonds is 6. The number of para-hydroxylation sites is 1. The minimum atomic E-state index is -1.16. The highest BCUT2D eigenvalue weighted by atomic mass is 16.5. The monoisotopic (exact) mass is 275 g/mol. The minimum Gasteiger partial charge on any atom is -0.477 e. The molecule has 0 aliphatic carbocycles. The fourth-order valence-electron chi connectivity index (χ4n) is 1.80. The molecule has 1 N–H and O–H groups in total. The second kappa shape index (κ2) is 6.29. The van der Waals surface area contributed by atoms with E-state index in [-0.39, 0.29) is 5.82 Å². The smallest absolute Gasteiger partial charge is 0.374 e. The van der Waals surface area contributed by atoms with Gasteiger partial charge in [0, 0.05) is 6.54 Å². The van der Waals surface area contributed by atoms with Crippen LogP contribution >= 0.6 is 0 Å². The molecule has 0 saturated carbocycles. The third-order valence-corrected chi connectivity index (χ3v) is 2.75. The Morgan fingerprint density at radius 1 is 1.30 bits per heavy atom. The first-order valence-electron chi connectivity index (χ1n) is 6.35. The average molecular weight is 275 g/mol. The van der Waals surface area contributed by atoms with Gasteiger partial charge in [-0.1, -0.05) is 12.1 Å². The number of carboxylic acid groups (broad SMARTS) is 1. The van der Waals surface area contributed by atoms with Crippen molar-refractivity contribution in [2.24, 2.45) is 0 Å². The number of hydrogen-bond donors (Lipinski definition) is 1.